The topological polar surface area (TPSA) is 68.0 Å². The van der Waals surface area contributed by atoms with Crippen LogP contribution in [0.2, 0.25) is 0 Å². The molecule has 2 N–H and O–H groups in total. The molecule has 0 saturated heterocycles. The van der Waals surface area contributed by atoms with E-state index in [9.17, 15) is 0 Å². The van der Waals surface area contributed by atoms with Gasteiger partial charge in [-0.05, 0) is 43.0 Å². The van der Waals surface area contributed by atoms with Crippen molar-refractivity contribution in [3.8, 4) is 0 Å². The Balaban J connectivity index is 0.00000420. The molecular formula is C22H34IN3O3. The number of benzene rings is 1. The lowest BCUT2D eigenvalue weighted by Gasteiger charge is -2.12. The average Bonchev–Trinajstić information content (AvgIpc) is 3.23. The summed E-state index contributed by atoms with van der Waals surface area (Å²) < 4.78 is 16.5. The Kier molecular flexibility index (Phi) is 14.3. The number of rotatable bonds is 13. The van der Waals surface area contributed by atoms with Crippen molar-refractivity contribution in [2.45, 2.75) is 46.4 Å². The Labute approximate surface area is 191 Å². The number of hydrogen-bond acceptors (Lipinski definition) is 4. The van der Waals surface area contributed by atoms with Crippen LogP contribution in [0.1, 0.15) is 43.6 Å². The maximum atomic E-state index is 5.69. The highest BCUT2D eigenvalue weighted by atomic mass is 127. The minimum Gasteiger partial charge on any atom is -0.467 e. The molecule has 1 heterocycles. The summed E-state index contributed by atoms with van der Waals surface area (Å²) in [5, 5.41) is 6.65. The molecule has 0 amide bonds. The summed E-state index contributed by atoms with van der Waals surface area (Å²) in [4.78, 5) is 4.71. The molecule has 0 spiro atoms. The quantitative estimate of drug-likeness (QED) is 0.178. The standard InChI is InChI=1S/C22H33N3O3.HI/c1-3-13-26-17-20-10-6-5-9-19(20)16-25-22(23-4-2)24-12-8-14-27-18-21-11-7-15-28-21;/h5-7,9-11,15H,3-4,8,12-14,16-18H2,1-2H3,(H2,23,24,25);1H. The smallest absolute Gasteiger partial charge is 0.191 e. The van der Waals surface area contributed by atoms with E-state index in [1.807, 2.05) is 24.3 Å². The van der Waals surface area contributed by atoms with Crippen LogP contribution in [-0.4, -0.2) is 32.3 Å². The van der Waals surface area contributed by atoms with Crippen molar-refractivity contribution in [2.75, 3.05) is 26.3 Å². The van der Waals surface area contributed by atoms with E-state index in [1.54, 1.807) is 6.26 Å². The van der Waals surface area contributed by atoms with E-state index in [2.05, 4.69) is 36.6 Å². The number of ether oxygens (including phenoxy) is 2. The molecule has 2 rings (SSSR count). The summed E-state index contributed by atoms with van der Waals surface area (Å²) in [5.41, 5.74) is 2.39. The zero-order chi connectivity index (χ0) is 19.9. The number of aliphatic imine (C=N–C) groups is 1. The second-order valence-corrected chi connectivity index (χ2v) is 6.43. The van der Waals surface area contributed by atoms with E-state index >= 15 is 0 Å². The Hall–Kier alpha value is -1.58. The van der Waals surface area contributed by atoms with Gasteiger partial charge in [0.25, 0.3) is 0 Å². The maximum absolute atomic E-state index is 5.69. The van der Waals surface area contributed by atoms with Crippen molar-refractivity contribution < 1.29 is 13.9 Å². The predicted octanol–water partition coefficient (Wildman–Crippen LogP) is 4.49. The van der Waals surface area contributed by atoms with Crippen molar-refractivity contribution in [2.24, 2.45) is 4.99 Å². The van der Waals surface area contributed by atoms with Crippen molar-refractivity contribution in [3.05, 3.63) is 59.5 Å². The lowest BCUT2D eigenvalue weighted by molar-refractivity contribution is 0.105. The molecule has 0 aliphatic rings. The molecule has 0 atom stereocenters. The third kappa shape index (κ3) is 10.7. The molecule has 7 heteroatoms. The summed E-state index contributed by atoms with van der Waals surface area (Å²) in [6.07, 6.45) is 3.58. The van der Waals surface area contributed by atoms with Crippen LogP contribution in [0, 0.1) is 0 Å². The summed E-state index contributed by atoms with van der Waals surface area (Å²) in [5.74, 6) is 1.67. The van der Waals surface area contributed by atoms with Gasteiger partial charge in [0.05, 0.1) is 19.4 Å². The molecule has 0 saturated carbocycles. The third-order valence-corrected chi connectivity index (χ3v) is 4.06. The van der Waals surface area contributed by atoms with Crippen LogP contribution in [0.15, 0.2) is 52.1 Å². The van der Waals surface area contributed by atoms with E-state index in [-0.39, 0.29) is 24.0 Å². The van der Waals surface area contributed by atoms with E-state index in [0.717, 1.165) is 44.3 Å². The molecule has 0 aliphatic heterocycles. The van der Waals surface area contributed by atoms with Gasteiger partial charge < -0.3 is 24.5 Å². The Morgan fingerprint density at radius 1 is 0.966 bits per heavy atom. The summed E-state index contributed by atoms with van der Waals surface area (Å²) >= 11 is 0. The van der Waals surface area contributed by atoms with Gasteiger partial charge in [0.2, 0.25) is 0 Å². The molecular weight excluding hydrogens is 481 g/mol. The maximum Gasteiger partial charge on any atom is 0.191 e. The van der Waals surface area contributed by atoms with E-state index < -0.39 is 0 Å². The van der Waals surface area contributed by atoms with Crippen molar-refractivity contribution in [1.29, 1.82) is 0 Å². The molecule has 162 valence electrons. The van der Waals surface area contributed by atoms with Crippen LogP contribution < -0.4 is 10.6 Å². The number of hydrogen-bond donors (Lipinski definition) is 2. The van der Waals surface area contributed by atoms with Crippen LogP contribution in [0.3, 0.4) is 0 Å². The fraction of sp³-hybridized carbons (Fsp3) is 0.500. The lowest BCUT2D eigenvalue weighted by atomic mass is 10.1. The number of furan rings is 1. The molecule has 2 aromatic rings. The fourth-order valence-corrected chi connectivity index (χ4v) is 2.63. The molecule has 0 bridgehead atoms. The van der Waals surface area contributed by atoms with Crippen LogP contribution in [0.5, 0.6) is 0 Å². The Morgan fingerprint density at radius 3 is 2.48 bits per heavy atom. The van der Waals surface area contributed by atoms with Crippen LogP contribution in [-0.2, 0) is 29.2 Å². The largest absolute Gasteiger partial charge is 0.467 e. The van der Waals surface area contributed by atoms with Gasteiger partial charge in [-0.15, -0.1) is 24.0 Å². The second-order valence-electron chi connectivity index (χ2n) is 6.43. The highest BCUT2D eigenvalue weighted by Crippen LogP contribution is 2.11. The molecule has 0 fully saturated rings. The monoisotopic (exact) mass is 515 g/mol. The molecule has 0 radical (unpaired) electrons. The van der Waals surface area contributed by atoms with Crippen LogP contribution in [0.4, 0.5) is 0 Å². The fourth-order valence-electron chi connectivity index (χ4n) is 2.63. The molecule has 0 unspecified atom stereocenters. The number of halogens is 1. The molecule has 1 aromatic carbocycles. The van der Waals surface area contributed by atoms with Gasteiger partial charge in [0.1, 0.15) is 12.4 Å². The van der Waals surface area contributed by atoms with E-state index in [1.165, 1.54) is 11.1 Å². The minimum atomic E-state index is 0. The highest BCUT2D eigenvalue weighted by molar-refractivity contribution is 14.0. The second kappa shape index (κ2) is 16.2. The van der Waals surface area contributed by atoms with Crippen LogP contribution in [0.25, 0.3) is 0 Å². The zero-order valence-electron chi connectivity index (χ0n) is 17.5. The van der Waals surface area contributed by atoms with Gasteiger partial charge in [-0.1, -0.05) is 31.2 Å². The molecule has 29 heavy (non-hydrogen) atoms. The zero-order valence-corrected chi connectivity index (χ0v) is 19.8. The molecule has 6 nitrogen and oxygen atoms in total. The summed E-state index contributed by atoms with van der Waals surface area (Å²) in [6, 6.07) is 12.1. The van der Waals surface area contributed by atoms with E-state index in [0.29, 0.717) is 26.4 Å². The number of guanidine groups is 1. The molecule has 0 aliphatic carbocycles. The van der Waals surface area contributed by atoms with Crippen molar-refractivity contribution in [3.63, 3.8) is 0 Å². The van der Waals surface area contributed by atoms with Gasteiger partial charge >= 0.3 is 0 Å². The van der Waals surface area contributed by atoms with Crippen LogP contribution >= 0.6 is 24.0 Å². The highest BCUT2D eigenvalue weighted by Gasteiger charge is 2.03. The summed E-state index contributed by atoms with van der Waals surface area (Å²) in [7, 11) is 0. The van der Waals surface area contributed by atoms with Crippen molar-refractivity contribution >= 4 is 29.9 Å². The first-order chi connectivity index (χ1) is 13.8. The number of nitrogens with zero attached hydrogens (tertiary/aromatic N) is 1. The third-order valence-electron chi connectivity index (χ3n) is 4.06. The minimum absolute atomic E-state index is 0. The van der Waals surface area contributed by atoms with Crippen molar-refractivity contribution in [1.82, 2.24) is 10.6 Å². The first-order valence-electron chi connectivity index (χ1n) is 10.1. The SMILES string of the molecule is CCCOCc1ccccc1CN=C(NCC)NCCCOCc1ccco1.I. The first kappa shape index (κ1) is 25.5. The van der Waals surface area contributed by atoms with Gasteiger partial charge in [0, 0.05) is 26.3 Å². The van der Waals surface area contributed by atoms with Gasteiger partial charge in [0.15, 0.2) is 5.96 Å². The number of nitrogens with one attached hydrogen (secondary N) is 2. The molecule has 1 aromatic heterocycles. The lowest BCUT2D eigenvalue weighted by Crippen LogP contribution is -2.38. The van der Waals surface area contributed by atoms with Gasteiger partial charge in [-0.3, -0.25) is 0 Å². The Bertz CT molecular complexity index is 678. The summed E-state index contributed by atoms with van der Waals surface area (Å²) in [6.45, 7) is 9.02. The van der Waals surface area contributed by atoms with E-state index in [4.69, 9.17) is 18.9 Å². The predicted molar refractivity (Wildman–Crippen MR) is 128 cm³/mol. The van der Waals surface area contributed by atoms with Gasteiger partial charge in [-0.2, -0.15) is 0 Å². The normalized spacial score (nSPS) is 11.2. The first-order valence-corrected chi connectivity index (χ1v) is 10.1. The van der Waals surface area contributed by atoms with Gasteiger partial charge in [-0.25, -0.2) is 4.99 Å². The average molecular weight is 515 g/mol. The Morgan fingerprint density at radius 2 is 1.76 bits per heavy atom.